The van der Waals surface area contributed by atoms with E-state index in [4.69, 9.17) is 5.73 Å². The van der Waals surface area contributed by atoms with Gasteiger partial charge in [0, 0.05) is 6.08 Å². The highest BCUT2D eigenvalue weighted by Gasteiger charge is 1.89. The third kappa shape index (κ3) is 2.95. The van der Waals surface area contributed by atoms with Crippen LogP contribution in [0.25, 0.3) is 12.2 Å². The number of benzene rings is 1. The molecule has 2 N–H and O–H groups in total. The molecule has 0 aliphatic rings. The third-order valence-electron chi connectivity index (χ3n) is 1.59. The van der Waals surface area contributed by atoms with Gasteiger partial charge in [-0.3, -0.25) is 4.79 Å². The lowest BCUT2D eigenvalue weighted by Gasteiger charge is -1.94. The highest BCUT2D eigenvalue weighted by Crippen LogP contribution is 2.07. The van der Waals surface area contributed by atoms with Crippen molar-refractivity contribution in [2.24, 2.45) is 5.73 Å². The largest absolute Gasteiger partial charge is 0.366 e. The standard InChI is InChI=1S/C11H11NO/c1-2-9-4-3-5-10(8-9)6-7-11(12)13/h2-8H,1H2,(H2,12,13)/b7-6-. The maximum Gasteiger partial charge on any atom is 0.241 e. The fourth-order valence-electron chi connectivity index (χ4n) is 0.968. The molecule has 1 rings (SSSR count). The van der Waals surface area contributed by atoms with E-state index in [-0.39, 0.29) is 0 Å². The van der Waals surface area contributed by atoms with Crippen molar-refractivity contribution in [3.05, 3.63) is 48.0 Å². The Morgan fingerprint density at radius 2 is 2.08 bits per heavy atom. The molecule has 1 aromatic rings. The number of nitrogens with two attached hydrogens (primary N) is 1. The molecule has 0 atom stereocenters. The SMILES string of the molecule is C=Cc1cccc(/C=C\C(N)=O)c1. The van der Waals surface area contributed by atoms with E-state index < -0.39 is 5.91 Å². The fraction of sp³-hybridized carbons (Fsp3) is 0. The van der Waals surface area contributed by atoms with Crippen LogP contribution in [0.1, 0.15) is 11.1 Å². The van der Waals surface area contributed by atoms with Gasteiger partial charge in [0.2, 0.25) is 5.91 Å². The number of hydrogen-bond donors (Lipinski definition) is 1. The summed E-state index contributed by atoms with van der Waals surface area (Å²) >= 11 is 0. The summed E-state index contributed by atoms with van der Waals surface area (Å²) in [4.78, 5) is 10.4. The molecule has 0 aromatic heterocycles. The first-order valence-corrected chi connectivity index (χ1v) is 3.92. The molecule has 0 spiro atoms. The van der Waals surface area contributed by atoms with Gasteiger partial charge in [-0.05, 0) is 23.3 Å². The number of rotatable bonds is 3. The van der Waals surface area contributed by atoms with Gasteiger partial charge in [-0.1, -0.05) is 30.9 Å². The van der Waals surface area contributed by atoms with Crippen molar-refractivity contribution in [1.82, 2.24) is 0 Å². The highest BCUT2D eigenvalue weighted by molar-refractivity contribution is 5.90. The third-order valence-corrected chi connectivity index (χ3v) is 1.59. The van der Waals surface area contributed by atoms with Crippen LogP contribution in [0.4, 0.5) is 0 Å². The van der Waals surface area contributed by atoms with Gasteiger partial charge in [0.25, 0.3) is 0 Å². The first-order valence-electron chi connectivity index (χ1n) is 3.92. The van der Waals surface area contributed by atoms with E-state index in [1.54, 1.807) is 12.2 Å². The number of carbonyl (C=O) groups is 1. The number of carbonyl (C=O) groups excluding carboxylic acids is 1. The van der Waals surface area contributed by atoms with Gasteiger partial charge in [0.15, 0.2) is 0 Å². The Balaban J connectivity index is 2.89. The van der Waals surface area contributed by atoms with Crippen molar-refractivity contribution in [1.29, 1.82) is 0 Å². The Morgan fingerprint density at radius 3 is 2.69 bits per heavy atom. The molecule has 1 aromatic carbocycles. The Labute approximate surface area is 77.4 Å². The van der Waals surface area contributed by atoms with Crippen LogP contribution in [0, 0.1) is 0 Å². The minimum atomic E-state index is -0.441. The summed E-state index contributed by atoms with van der Waals surface area (Å²) in [5, 5.41) is 0. The summed E-state index contributed by atoms with van der Waals surface area (Å²) in [7, 11) is 0. The normalized spacial score (nSPS) is 10.2. The topological polar surface area (TPSA) is 43.1 Å². The second-order valence-electron chi connectivity index (χ2n) is 2.61. The van der Waals surface area contributed by atoms with E-state index in [9.17, 15) is 4.79 Å². The summed E-state index contributed by atoms with van der Waals surface area (Å²) in [5.41, 5.74) is 6.93. The molecule has 0 bridgehead atoms. The van der Waals surface area contributed by atoms with Crippen molar-refractivity contribution in [2.45, 2.75) is 0 Å². The Bertz CT molecular complexity index is 353. The van der Waals surface area contributed by atoms with Gasteiger partial charge in [-0.25, -0.2) is 0 Å². The van der Waals surface area contributed by atoms with Gasteiger partial charge in [-0.2, -0.15) is 0 Å². The van der Waals surface area contributed by atoms with Crippen LogP contribution in [-0.4, -0.2) is 5.91 Å². The quantitative estimate of drug-likeness (QED) is 0.696. The maximum atomic E-state index is 10.4. The Kier molecular flexibility index (Phi) is 3.03. The maximum absolute atomic E-state index is 10.4. The second kappa shape index (κ2) is 4.26. The molecule has 1 amide bonds. The second-order valence-corrected chi connectivity index (χ2v) is 2.61. The summed E-state index contributed by atoms with van der Waals surface area (Å²) in [6.45, 7) is 3.65. The van der Waals surface area contributed by atoms with Gasteiger partial charge in [0.05, 0.1) is 0 Å². The van der Waals surface area contributed by atoms with Gasteiger partial charge >= 0.3 is 0 Å². The predicted molar refractivity (Wildman–Crippen MR) is 54.8 cm³/mol. The van der Waals surface area contributed by atoms with Gasteiger partial charge in [-0.15, -0.1) is 0 Å². The highest BCUT2D eigenvalue weighted by atomic mass is 16.1. The molecule has 0 fully saturated rings. The van der Waals surface area contributed by atoms with E-state index in [1.165, 1.54) is 6.08 Å². The lowest BCUT2D eigenvalue weighted by molar-refractivity contribution is -0.113. The molecule has 13 heavy (non-hydrogen) atoms. The van der Waals surface area contributed by atoms with Crippen LogP contribution >= 0.6 is 0 Å². The zero-order chi connectivity index (χ0) is 9.68. The van der Waals surface area contributed by atoms with Crippen LogP contribution < -0.4 is 5.73 Å². The lowest BCUT2D eigenvalue weighted by atomic mass is 10.1. The number of primary amides is 1. The first kappa shape index (κ1) is 9.26. The van der Waals surface area contributed by atoms with Crippen molar-refractivity contribution in [3.8, 4) is 0 Å². The van der Waals surface area contributed by atoms with E-state index in [2.05, 4.69) is 6.58 Å². The summed E-state index contributed by atoms with van der Waals surface area (Å²) in [6, 6.07) is 7.66. The average molecular weight is 173 g/mol. The van der Waals surface area contributed by atoms with Crippen LogP contribution in [0.3, 0.4) is 0 Å². The van der Waals surface area contributed by atoms with Crippen LogP contribution in [0.5, 0.6) is 0 Å². The van der Waals surface area contributed by atoms with Crippen molar-refractivity contribution in [3.63, 3.8) is 0 Å². The lowest BCUT2D eigenvalue weighted by Crippen LogP contribution is -2.05. The molecule has 0 heterocycles. The molecular formula is C11H11NO. The molecule has 0 saturated carbocycles. The monoisotopic (exact) mass is 173 g/mol. The number of hydrogen-bond acceptors (Lipinski definition) is 1. The molecule has 0 aliphatic heterocycles. The van der Waals surface area contributed by atoms with E-state index in [0.717, 1.165) is 11.1 Å². The summed E-state index contributed by atoms with van der Waals surface area (Å²) in [5.74, 6) is -0.441. The van der Waals surface area contributed by atoms with E-state index in [1.807, 2.05) is 24.3 Å². The van der Waals surface area contributed by atoms with Crippen LogP contribution in [-0.2, 0) is 4.79 Å². The van der Waals surface area contributed by atoms with E-state index in [0.29, 0.717) is 0 Å². The number of amides is 1. The van der Waals surface area contributed by atoms with Gasteiger partial charge < -0.3 is 5.73 Å². The van der Waals surface area contributed by atoms with Crippen molar-refractivity contribution < 1.29 is 4.79 Å². The molecule has 2 nitrogen and oxygen atoms in total. The zero-order valence-corrected chi connectivity index (χ0v) is 7.23. The molecule has 0 saturated heterocycles. The first-order chi connectivity index (χ1) is 6.22. The van der Waals surface area contributed by atoms with Crippen LogP contribution in [0.15, 0.2) is 36.9 Å². The minimum Gasteiger partial charge on any atom is -0.366 e. The molecule has 0 unspecified atom stereocenters. The van der Waals surface area contributed by atoms with Gasteiger partial charge in [0.1, 0.15) is 0 Å². The fourth-order valence-corrected chi connectivity index (χ4v) is 0.968. The van der Waals surface area contributed by atoms with Crippen molar-refractivity contribution in [2.75, 3.05) is 0 Å². The average Bonchev–Trinajstić information content (AvgIpc) is 2.15. The predicted octanol–water partition coefficient (Wildman–Crippen LogP) is 1.83. The molecule has 66 valence electrons. The molecule has 0 radical (unpaired) electrons. The Hall–Kier alpha value is -1.83. The summed E-state index contributed by atoms with van der Waals surface area (Å²) < 4.78 is 0. The minimum absolute atomic E-state index is 0.441. The van der Waals surface area contributed by atoms with Crippen LogP contribution in [0.2, 0.25) is 0 Å². The van der Waals surface area contributed by atoms with E-state index >= 15 is 0 Å². The van der Waals surface area contributed by atoms with Crippen molar-refractivity contribution >= 4 is 18.1 Å². The Morgan fingerprint density at radius 1 is 1.38 bits per heavy atom. The zero-order valence-electron chi connectivity index (χ0n) is 7.23. The molecule has 2 heteroatoms. The summed E-state index contributed by atoms with van der Waals surface area (Å²) in [6.07, 6.45) is 4.76. The molecular weight excluding hydrogens is 162 g/mol. The smallest absolute Gasteiger partial charge is 0.241 e. The molecule has 0 aliphatic carbocycles.